The summed E-state index contributed by atoms with van der Waals surface area (Å²) in [6.07, 6.45) is -5.17. The first-order chi connectivity index (χ1) is 12.1. The molecule has 1 aliphatic rings. The maximum Gasteiger partial charge on any atom is 0.462 e. The molecule has 2 aromatic rings. The van der Waals surface area contributed by atoms with Gasteiger partial charge < -0.3 is 15.2 Å². The summed E-state index contributed by atoms with van der Waals surface area (Å²) in [5.74, 6) is -4.56. The molecule has 0 spiro atoms. The van der Waals surface area contributed by atoms with Crippen molar-refractivity contribution in [2.24, 2.45) is 0 Å². The van der Waals surface area contributed by atoms with Crippen molar-refractivity contribution in [3.63, 3.8) is 0 Å². The number of para-hydroxylation sites is 1. The third-order valence-electron chi connectivity index (χ3n) is 4.03. The van der Waals surface area contributed by atoms with E-state index >= 15 is 0 Å². The molecule has 7 heteroatoms. The van der Waals surface area contributed by atoms with Gasteiger partial charge in [-0.15, -0.1) is 0 Å². The first kappa shape index (κ1) is 18.0. The number of hydrogen-bond acceptors (Lipinski definition) is 3. The number of ether oxygens (including phenoxy) is 1. The van der Waals surface area contributed by atoms with Gasteiger partial charge >= 0.3 is 12.0 Å². The quantitative estimate of drug-likeness (QED) is 0.858. The molecule has 0 bridgehead atoms. The Kier molecular flexibility index (Phi) is 4.28. The Bertz CT molecular complexity index is 888. The van der Waals surface area contributed by atoms with Gasteiger partial charge in [-0.25, -0.2) is 0 Å². The highest BCUT2D eigenvalue weighted by atomic mass is 19.4. The van der Waals surface area contributed by atoms with E-state index in [1.807, 2.05) is 6.92 Å². The molecule has 2 aromatic carbocycles. The molecule has 0 radical (unpaired) electrons. The second-order valence-corrected chi connectivity index (χ2v) is 6.04. The monoisotopic (exact) mass is 363 g/mol. The van der Waals surface area contributed by atoms with Crippen LogP contribution in [0.1, 0.15) is 23.6 Å². The summed E-state index contributed by atoms with van der Waals surface area (Å²) < 4.78 is 46.1. The van der Waals surface area contributed by atoms with Crippen LogP contribution in [0, 0.1) is 6.92 Å². The zero-order valence-corrected chi connectivity index (χ0v) is 14.0. The molecular weight excluding hydrogens is 347 g/mol. The second kappa shape index (κ2) is 6.17. The van der Waals surface area contributed by atoms with Crippen molar-refractivity contribution < 1.29 is 27.8 Å². The summed E-state index contributed by atoms with van der Waals surface area (Å²) in [5, 5.41) is 12.6. The van der Waals surface area contributed by atoms with E-state index in [1.165, 1.54) is 12.1 Å². The Labute approximate surface area is 147 Å². The summed E-state index contributed by atoms with van der Waals surface area (Å²) in [5.41, 5.74) is 0.982. The van der Waals surface area contributed by atoms with Crippen LogP contribution in [-0.2, 0) is 4.79 Å². The van der Waals surface area contributed by atoms with Crippen LogP contribution in [0.15, 0.2) is 54.2 Å². The highest BCUT2D eigenvalue weighted by Crippen LogP contribution is 2.47. The number of aryl methyl sites for hydroxylation is 1. The number of carbonyl (C=O) groups excluding carboxylic acids is 1. The van der Waals surface area contributed by atoms with Crippen molar-refractivity contribution in [1.29, 1.82) is 0 Å². The lowest BCUT2D eigenvalue weighted by atomic mass is 9.89. The number of nitrogens with one attached hydrogen (secondary N) is 1. The minimum atomic E-state index is -5.17. The first-order valence-corrected chi connectivity index (χ1v) is 7.80. The molecule has 0 aliphatic carbocycles. The number of alkyl halides is 3. The van der Waals surface area contributed by atoms with Crippen LogP contribution >= 0.6 is 0 Å². The standard InChI is InChI=1S/C19H16F3NO3/c1-11-7-9-13(10-8-11)16-14-5-3-4-6-15(14)26-18(25,19(20,21)22)17(16)23-12(2)24/h3-10,25H,1-2H3,(H,23,24). The van der Waals surface area contributed by atoms with Crippen LogP contribution in [0.5, 0.6) is 5.75 Å². The Hall–Kier alpha value is -2.80. The summed E-state index contributed by atoms with van der Waals surface area (Å²) >= 11 is 0. The van der Waals surface area contributed by atoms with Crippen molar-refractivity contribution in [1.82, 2.24) is 5.32 Å². The summed E-state index contributed by atoms with van der Waals surface area (Å²) in [6, 6.07) is 12.8. The van der Waals surface area contributed by atoms with Crippen molar-refractivity contribution >= 4 is 11.5 Å². The van der Waals surface area contributed by atoms with Gasteiger partial charge in [-0.2, -0.15) is 13.2 Å². The predicted octanol–water partition coefficient (Wildman–Crippen LogP) is 3.53. The lowest BCUT2D eigenvalue weighted by Gasteiger charge is -2.38. The van der Waals surface area contributed by atoms with Gasteiger partial charge in [-0.05, 0) is 18.6 Å². The third kappa shape index (κ3) is 2.94. The van der Waals surface area contributed by atoms with Gasteiger partial charge in [0.05, 0.1) is 0 Å². The Morgan fingerprint density at radius 3 is 2.31 bits per heavy atom. The number of benzene rings is 2. The molecule has 2 N–H and O–H groups in total. The Balaban J connectivity index is 2.38. The number of halogens is 3. The zero-order chi connectivity index (χ0) is 19.1. The van der Waals surface area contributed by atoms with Gasteiger partial charge in [0.15, 0.2) is 0 Å². The molecule has 0 fully saturated rings. The molecule has 3 rings (SSSR count). The highest BCUT2D eigenvalue weighted by molar-refractivity contribution is 5.90. The smallest absolute Gasteiger partial charge is 0.448 e. The molecule has 136 valence electrons. The minimum absolute atomic E-state index is 0.0573. The topological polar surface area (TPSA) is 58.6 Å². The first-order valence-electron chi connectivity index (χ1n) is 7.80. The fourth-order valence-electron chi connectivity index (χ4n) is 2.82. The second-order valence-electron chi connectivity index (χ2n) is 6.04. The van der Waals surface area contributed by atoms with E-state index in [4.69, 9.17) is 4.74 Å². The van der Waals surface area contributed by atoms with Gasteiger partial charge in [0, 0.05) is 18.1 Å². The van der Waals surface area contributed by atoms with E-state index < -0.39 is 23.6 Å². The van der Waals surface area contributed by atoms with Crippen molar-refractivity contribution in [2.75, 3.05) is 0 Å². The van der Waals surface area contributed by atoms with E-state index in [-0.39, 0.29) is 11.3 Å². The number of rotatable bonds is 2. The average molecular weight is 363 g/mol. The molecule has 0 saturated carbocycles. The van der Waals surface area contributed by atoms with E-state index in [2.05, 4.69) is 5.32 Å². The van der Waals surface area contributed by atoms with E-state index in [9.17, 15) is 23.1 Å². The summed E-state index contributed by atoms with van der Waals surface area (Å²) in [7, 11) is 0. The van der Waals surface area contributed by atoms with E-state index in [0.717, 1.165) is 12.5 Å². The largest absolute Gasteiger partial charge is 0.462 e. The SMILES string of the molecule is CC(=O)NC1=C(c2ccc(C)cc2)c2ccccc2OC1(O)C(F)(F)F. The number of aliphatic hydroxyl groups is 1. The lowest BCUT2D eigenvalue weighted by molar-refractivity contribution is -0.318. The zero-order valence-electron chi connectivity index (χ0n) is 14.0. The average Bonchev–Trinajstić information content (AvgIpc) is 2.55. The van der Waals surface area contributed by atoms with E-state index in [1.54, 1.807) is 36.4 Å². The number of hydrogen-bond donors (Lipinski definition) is 2. The fourth-order valence-corrected chi connectivity index (χ4v) is 2.82. The molecule has 0 saturated heterocycles. The molecule has 1 amide bonds. The molecule has 4 nitrogen and oxygen atoms in total. The van der Waals surface area contributed by atoms with Crippen molar-refractivity contribution in [2.45, 2.75) is 25.8 Å². The van der Waals surface area contributed by atoms with Gasteiger partial charge in [0.2, 0.25) is 5.91 Å². The number of amides is 1. The van der Waals surface area contributed by atoms with Crippen LogP contribution in [0.4, 0.5) is 13.2 Å². The fraction of sp³-hybridized carbons (Fsp3) is 0.211. The molecule has 1 unspecified atom stereocenters. The van der Waals surface area contributed by atoms with Crippen LogP contribution in [-0.4, -0.2) is 23.0 Å². The number of fused-ring (bicyclic) bond motifs is 1. The Morgan fingerprint density at radius 2 is 1.73 bits per heavy atom. The third-order valence-corrected chi connectivity index (χ3v) is 4.03. The van der Waals surface area contributed by atoms with Gasteiger partial charge in [-0.3, -0.25) is 4.79 Å². The van der Waals surface area contributed by atoms with E-state index in [0.29, 0.717) is 11.1 Å². The maximum atomic E-state index is 13.7. The summed E-state index contributed by atoms with van der Waals surface area (Å²) in [6.45, 7) is 2.91. The normalized spacial score (nSPS) is 19.6. The van der Waals surface area contributed by atoms with Crippen LogP contribution in [0.25, 0.3) is 5.57 Å². The van der Waals surface area contributed by atoms with Gasteiger partial charge in [0.1, 0.15) is 11.4 Å². The van der Waals surface area contributed by atoms with Crippen molar-refractivity contribution in [3.8, 4) is 5.75 Å². The van der Waals surface area contributed by atoms with Crippen LogP contribution in [0.2, 0.25) is 0 Å². The minimum Gasteiger partial charge on any atom is -0.448 e. The lowest BCUT2D eigenvalue weighted by Crippen LogP contribution is -2.57. The van der Waals surface area contributed by atoms with Gasteiger partial charge in [0.25, 0.3) is 0 Å². The molecule has 26 heavy (non-hydrogen) atoms. The summed E-state index contributed by atoms with van der Waals surface area (Å²) in [4.78, 5) is 11.6. The highest BCUT2D eigenvalue weighted by Gasteiger charge is 2.62. The van der Waals surface area contributed by atoms with Crippen LogP contribution in [0.3, 0.4) is 0 Å². The van der Waals surface area contributed by atoms with Crippen molar-refractivity contribution in [3.05, 3.63) is 70.9 Å². The maximum absolute atomic E-state index is 13.7. The number of carbonyl (C=O) groups is 1. The van der Waals surface area contributed by atoms with Gasteiger partial charge in [-0.1, -0.05) is 48.0 Å². The molecular formula is C19H16F3NO3. The van der Waals surface area contributed by atoms with Crippen LogP contribution < -0.4 is 10.1 Å². The predicted molar refractivity (Wildman–Crippen MR) is 89.1 cm³/mol. The molecule has 1 aliphatic heterocycles. The molecule has 0 aromatic heterocycles. The molecule has 1 heterocycles. The Morgan fingerprint density at radius 1 is 1.12 bits per heavy atom. The molecule has 1 atom stereocenters.